The van der Waals surface area contributed by atoms with Gasteiger partial charge in [-0.15, -0.1) is 0 Å². The molecule has 0 spiro atoms. The number of aromatic nitrogens is 2. The summed E-state index contributed by atoms with van der Waals surface area (Å²) >= 11 is 6.18. The summed E-state index contributed by atoms with van der Waals surface area (Å²) in [5.74, 6) is -0.115. The van der Waals surface area contributed by atoms with Gasteiger partial charge in [0.25, 0.3) is 0 Å². The molecule has 0 unspecified atom stereocenters. The molecule has 0 atom stereocenters. The molecule has 110 valence electrons. The summed E-state index contributed by atoms with van der Waals surface area (Å²) in [5.41, 5.74) is 1.18. The molecule has 0 amide bonds. The van der Waals surface area contributed by atoms with Gasteiger partial charge in [-0.25, -0.2) is 14.8 Å². The number of nitrogens with zero attached hydrogens (tertiary/aromatic N) is 2. The molecule has 0 aliphatic rings. The summed E-state index contributed by atoms with van der Waals surface area (Å²) in [6.07, 6.45) is 0.0215. The molecule has 0 saturated carbocycles. The number of hydrogen-bond donors (Lipinski definition) is 1. The van der Waals surface area contributed by atoms with Gasteiger partial charge in [-0.2, -0.15) is 0 Å². The molecule has 1 N–H and O–H groups in total. The van der Waals surface area contributed by atoms with Crippen molar-refractivity contribution in [2.45, 2.75) is 26.9 Å². The van der Waals surface area contributed by atoms with E-state index in [4.69, 9.17) is 21.4 Å². The number of hydrogen-bond acceptors (Lipinski definition) is 4. The Labute approximate surface area is 127 Å². The van der Waals surface area contributed by atoms with Crippen LogP contribution in [0.5, 0.6) is 5.75 Å². The highest BCUT2D eigenvalue weighted by molar-refractivity contribution is 6.32. The van der Waals surface area contributed by atoms with Crippen molar-refractivity contribution in [3.05, 3.63) is 40.8 Å². The van der Waals surface area contributed by atoms with Gasteiger partial charge in [-0.3, -0.25) is 0 Å². The Morgan fingerprint density at radius 1 is 1.29 bits per heavy atom. The van der Waals surface area contributed by atoms with Crippen molar-refractivity contribution in [3.8, 4) is 17.0 Å². The highest BCUT2D eigenvalue weighted by atomic mass is 35.5. The Hall–Kier alpha value is -2.14. The SMILES string of the molecule is Cc1nc(C(=O)O)cc(-c2ccc(OC(C)C)c(Cl)c2)n1. The summed E-state index contributed by atoms with van der Waals surface area (Å²) in [6, 6.07) is 6.66. The lowest BCUT2D eigenvalue weighted by atomic mass is 10.1. The fourth-order valence-electron chi connectivity index (χ4n) is 1.83. The van der Waals surface area contributed by atoms with E-state index in [1.807, 2.05) is 13.8 Å². The van der Waals surface area contributed by atoms with E-state index in [1.54, 1.807) is 25.1 Å². The van der Waals surface area contributed by atoms with Crippen molar-refractivity contribution in [1.29, 1.82) is 0 Å². The zero-order chi connectivity index (χ0) is 15.6. The van der Waals surface area contributed by atoms with Gasteiger partial charge in [0.2, 0.25) is 0 Å². The fourth-order valence-corrected chi connectivity index (χ4v) is 2.06. The quantitative estimate of drug-likeness (QED) is 0.934. The van der Waals surface area contributed by atoms with Crippen LogP contribution in [0.4, 0.5) is 0 Å². The smallest absolute Gasteiger partial charge is 0.354 e. The molecular formula is C15H15ClN2O3. The molecule has 0 aliphatic carbocycles. The van der Waals surface area contributed by atoms with E-state index >= 15 is 0 Å². The van der Waals surface area contributed by atoms with Crippen LogP contribution in [0.25, 0.3) is 11.3 Å². The van der Waals surface area contributed by atoms with Crippen LogP contribution < -0.4 is 4.74 Å². The van der Waals surface area contributed by atoms with Crippen LogP contribution >= 0.6 is 11.6 Å². The highest BCUT2D eigenvalue weighted by Crippen LogP contribution is 2.30. The first-order valence-corrected chi connectivity index (χ1v) is 6.80. The number of carboxylic acids is 1. The fraction of sp³-hybridized carbons (Fsp3) is 0.267. The van der Waals surface area contributed by atoms with Crippen LogP contribution in [0.15, 0.2) is 24.3 Å². The maximum Gasteiger partial charge on any atom is 0.354 e. The van der Waals surface area contributed by atoms with Gasteiger partial charge in [0.05, 0.1) is 16.8 Å². The Kier molecular flexibility index (Phi) is 4.43. The van der Waals surface area contributed by atoms with E-state index in [0.717, 1.165) is 0 Å². The van der Waals surface area contributed by atoms with E-state index < -0.39 is 5.97 Å². The number of aromatic carboxylic acids is 1. The van der Waals surface area contributed by atoms with Gasteiger partial charge in [0.15, 0.2) is 5.69 Å². The third kappa shape index (κ3) is 3.70. The standard InChI is InChI=1S/C15H15ClN2O3/c1-8(2)21-14-5-4-10(6-11(14)16)12-7-13(15(19)20)18-9(3)17-12/h4-8H,1-3H3,(H,19,20). The second-order valence-electron chi connectivity index (χ2n) is 4.80. The first-order valence-electron chi connectivity index (χ1n) is 6.42. The maximum atomic E-state index is 11.0. The van der Waals surface area contributed by atoms with E-state index in [-0.39, 0.29) is 11.8 Å². The Morgan fingerprint density at radius 2 is 2.00 bits per heavy atom. The molecule has 5 nitrogen and oxygen atoms in total. The number of carboxylic acid groups (broad SMARTS) is 1. The number of carbonyl (C=O) groups is 1. The third-order valence-electron chi connectivity index (χ3n) is 2.65. The van der Waals surface area contributed by atoms with E-state index in [0.29, 0.717) is 27.9 Å². The minimum absolute atomic E-state index is 0.0215. The molecule has 0 radical (unpaired) electrons. The monoisotopic (exact) mass is 306 g/mol. The maximum absolute atomic E-state index is 11.0. The molecule has 1 heterocycles. The number of halogens is 1. The molecule has 2 aromatic rings. The van der Waals surface area contributed by atoms with Gasteiger partial charge in [0, 0.05) is 5.56 Å². The van der Waals surface area contributed by atoms with Crippen molar-refractivity contribution in [2.24, 2.45) is 0 Å². The molecule has 21 heavy (non-hydrogen) atoms. The molecule has 0 aliphatic heterocycles. The number of benzene rings is 1. The zero-order valence-electron chi connectivity index (χ0n) is 11.9. The van der Waals surface area contributed by atoms with Gasteiger partial charge in [0.1, 0.15) is 11.6 Å². The first-order chi connectivity index (χ1) is 9.86. The molecule has 6 heteroatoms. The van der Waals surface area contributed by atoms with E-state index in [2.05, 4.69) is 9.97 Å². The number of aryl methyl sites for hydroxylation is 1. The topological polar surface area (TPSA) is 72.3 Å². The normalized spacial score (nSPS) is 10.7. The van der Waals surface area contributed by atoms with E-state index in [1.165, 1.54) is 6.07 Å². The third-order valence-corrected chi connectivity index (χ3v) is 2.94. The van der Waals surface area contributed by atoms with Crippen LogP contribution in [0, 0.1) is 6.92 Å². The van der Waals surface area contributed by atoms with Crippen LogP contribution in [-0.4, -0.2) is 27.1 Å². The van der Waals surface area contributed by atoms with Crippen LogP contribution in [0.3, 0.4) is 0 Å². The molecule has 2 rings (SSSR count). The van der Waals surface area contributed by atoms with Crippen LogP contribution in [-0.2, 0) is 0 Å². The lowest BCUT2D eigenvalue weighted by Crippen LogP contribution is -2.06. The van der Waals surface area contributed by atoms with Crippen molar-refractivity contribution < 1.29 is 14.6 Å². The predicted molar refractivity (Wildman–Crippen MR) is 79.9 cm³/mol. The van der Waals surface area contributed by atoms with Crippen LogP contribution in [0.1, 0.15) is 30.2 Å². The molecule has 1 aromatic heterocycles. The van der Waals surface area contributed by atoms with Crippen LogP contribution in [0.2, 0.25) is 5.02 Å². The van der Waals surface area contributed by atoms with Gasteiger partial charge in [-0.1, -0.05) is 11.6 Å². The Balaban J connectivity index is 2.43. The summed E-state index contributed by atoms with van der Waals surface area (Å²) in [6.45, 7) is 5.47. The molecule has 0 saturated heterocycles. The first kappa shape index (κ1) is 15.3. The summed E-state index contributed by atoms with van der Waals surface area (Å²) in [5, 5.41) is 9.50. The average molecular weight is 307 g/mol. The molecule has 0 bridgehead atoms. The summed E-state index contributed by atoms with van der Waals surface area (Å²) in [7, 11) is 0. The zero-order valence-corrected chi connectivity index (χ0v) is 12.7. The van der Waals surface area contributed by atoms with Crippen molar-refractivity contribution in [2.75, 3.05) is 0 Å². The minimum Gasteiger partial charge on any atom is -0.489 e. The van der Waals surface area contributed by atoms with Gasteiger partial charge < -0.3 is 9.84 Å². The minimum atomic E-state index is -1.09. The number of ether oxygens (including phenoxy) is 1. The molecular weight excluding hydrogens is 292 g/mol. The van der Waals surface area contributed by atoms with Gasteiger partial charge in [-0.05, 0) is 45.0 Å². The van der Waals surface area contributed by atoms with E-state index in [9.17, 15) is 4.79 Å². The van der Waals surface area contributed by atoms with Crippen molar-refractivity contribution in [1.82, 2.24) is 9.97 Å². The highest BCUT2D eigenvalue weighted by Gasteiger charge is 2.12. The second-order valence-corrected chi connectivity index (χ2v) is 5.21. The molecule has 0 fully saturated rings. The van der Waals surface area contributed by atoms with Gasteiger partial charge >= 0.3 is 5.97 Å². The average Bonchev–Trinajstić information content (AvgIpc) is 2.39. The largest absolute Gasteiger partial charge is 0.489 e. The van der Waals surface area contributed by atoms with Crippen molar-refractivity contribution in [3.63, 3.8) is 0 Å². The predicted octanol–water partition coefficient (Wildman–Crippen LogP) is 3.59. The summed E-state index contributed by atoms with van der Waals surface area (Å²) in [4.78, 5) is 19.2. The second kappa shape index (κ2) is 6.10. The lowest BCUT2D eigenvalue weighted by molar-refractivity contribution is 0.0690. The van der Waals surface area contributed by atoms with Crippen molar-refractivity contribution >= 4 is 17.6 Å². The summed E-state index contributed by atoms with van der Waals surface area (Å²) < 4.78 is 5.56. The Bertz CT molecular complexity index is 687. The number of rotatable bonds is 4. The Morgan fingerprint density at radius 3 is 2.57 bits per heavy atom. The lowest BCUT2D eigenvalue weighted by Gasteiger charge is -2.12. The molecule has 1 aromatic carbocycles.